The van der Waals surface area contributed by atoms with E-state index in [2.05, 4.69) is 41.4 Å². The number of nitrogen functional groups attached to an aromatic ring is 1. The van der Waals surface area contributed by atoms with Crippen LogP contribution in [-0.4, -0.2) is 10.2 Å². The Labute approximate surface area is 134 Å². The van der Waals surface area contributed by atoms with Crippen molar-refractivity contribution in [1.29, 1.82) is 0 Å². The van der Waals surface area contributed by atoms with Crippen LogP contribution in [0.25, 0.3) is 12.2 Å². The molecule has 0 amide bonds. The quantitative estimate of drug-likeness (QED) is 0.777. The summed E-state index contributed by atoms with van der Waals surface area (Å²) >= 11 is 0. The Morgan fingerprint density at radius 1 is 1.09 bits per heavy atom. The molecule has 1 heterocycles. The van der Waals surface area contributed by atoms with E-state index in [9.17, 15) is 0 Å². The van der Waals surface area contributed by atoms with Crippen LogP contribution in [0.1, 0.15) is 22.6 Å². The molecule has 0 saturated heterocycles. The zero-order valence-electron chi connectivity index (χ0n) is 12.8. The third-order valence-corrected chi connectivity index (χ3v) is 3.26. The maximum atomic E-state index is 5.82. The third kappa shape index (κ3) is 4.20. The minimum atomic E-state index is 0.0554. The normalized spacial score (nSPS) is 11.0. The molecule has 0 unspecified atom stereocenters. The summed E-state index contributed by atoms with van der Waals surface area (Å²) in [6, 6.07) is 16.1. The summed E-state index contributed by atoms with van der Waals surface area (Å²) in [5, 5.41) is 7.38. The van der Waals surface area contributed by atoms with E-state index in [1.807, 2.05) is 30.3 Å². The first-order valence-electron chi connectivity index (χ1n) is 7.24. The van der Waals surface area contributed by atoms with Gasteiger partial charge in [-0.3, -0.25) is 0 Å². The van der Waals surface area contributed by atoms with Crippen LogP contribution in [-0.2, 0) is 6.61 Å². The molecule has 2 N–H and O–H groups in total. The van der Waals surface area contributed by atoms with Crippen LogP contribution < -0.4 is 10.5 Å². The molecule has 0 aliphatic carbocycles. The van der Waals surface area contributed by atoms with Gasteiger partial charge in [0.25, 0.3) is 0 Å². The van der Waals surface area contributed by atoms with Gasteiger partial charge in [0, 0.05) is 6.08 Å². The van der Waals surface area contributed by atoms with Gasteiger partial charge in [-0.25, -0.2) is 0 Å². The predicted octanol–water partition coefficient (Wildman–Crippen LogP) is 3.71. The molecule has 0 atom stereocenters. The lowest BCUT2D eigenvalue weighted by molar-refractivity contribution is 0.306. The molecule has 23 heavy (non-hydrogen) atoms. The fourth-order valence-corrected chi connectivity index (χ4v) is 2.04. The first-order valence-corrected chi connectivity index (χ1v) is 7.24. The SMILES string of the molecule is Cc1ccc(COc2cccc(/C=C/c3nnc(N)o3)c2)cc1. The number of nitrogens with zero attached hydrogens (tertiary/aromatic N) is 2. The van der Waals surface area contributed by atoms with Gasteiger partial charge in [-0.2, -0.15) is 0 Å². The molecule has 3 rings (SSSR count). The van der Waals surface area contributed by atoms with Crippen LogP contribution in [0.2, 0.25) is 0 Å². The lowest BCUT2D eigenvalue weighted by atomic mass is 10.1. The number of anilines is 1. The van der Waals surface area contributed by atoms with Gasteiger partial charge in [-0.05, 0) is 36.3 Å². The van der Waals surface area contributed by atoms with Crippen molar-refractivity contribution in [2.45, 2.75) is 13.5 Å². The zero-order valence-corrected chi connectivity index (χ0v) is 12.8. The molecule has 0 bridgehead atoms. The number of hydrogen-bond acceptors (Lipinski definition) is 5. The van der Waals surface area contributed by atoms with Gasteiger partial charge in [0.2, 0.25) is 5.89 Å². The van der Waals surface area contributed by atoms with Crippen molar-refractivity contribution in [1.82, 2.24) is 10.2 Å². The number of nitrogens with two attached hydrogens (primary N) is 1. The topological polar surface area (TPSA) is 74.2 Å². The van der Waals surface area contributed by atoms with E-state index in [0.717, 1.165) is 16.9 Å². The number of hydrogen-bond donors (Lipinski definition) is 1. The second kappa shape index (κ2) is 6.79. The number of aromatic nitrogens is 2. The highest BCUT2D eigenvalue weighted by Gasteiger charge is 1.99. The number of benzene rings is 2. The molecule has 2 aromatic carbocycles. The molecule has 5 nitrogen and oxygen atoms in total. The van der Waals surface area contributed by atoms with Crippen molar-refractivity contribution in [3.8, 4) is 5.75 Å². The van der Waals surface area contributed by atoms with E-state index in [1.54, 1.807) is 6.08 Å². The molecule has 3 aromatic rings. The maximum absolute atomic E-state index is 5.82. The molecule has 0 aliphatic rings. The van der Waals surface area contributed by atoms with E-state index in [4.69, 9.17) is 14.9 Å². The highest BCUT2D eigenvalue weighted by Crippen LogP contribution is 2.17. The van der Waals surface area contributed by atoms with Gasteiger partial charge < -0.3 is 14.9 Å². The summed E-state index contributed by atoms with van der Waals surface area (Å²) in [5.74, 6) is 1.17. The lowest BCUT2D eigenvalue weighted by Crippen LogP contribution is -1.95. The molecule has 0 fully saturated rings. The molecule has 0 saturated carbocycles. The van der Waals surface area contributed by atoms with Crippen molar-refractivity contribution in [3.05, 3.63) is 71.1 Å². The summed E-state index contributed by atoms with van der Waals surface area (Å²) in [6.45, 7) is 2.60. The Balaban J connectivity index is 1.65. The van der Waals surface area contributed by atoms with Crippen LogP contribution in [0.3, 0.4) is 0 Å². The number of rotatable bonds is 5. The maximum Gasteiger partial charge on any atom is 0.313 e. The second-order valence-electron chi connectivity index (χ2n) is 5.16. The van der Waals surface area contributed by atoms with Gasteiger partial charge in [-0.15, -0.1) is 5.10 Å². The van der Waals surface area contributed by atoms with E-state index >= 15 is 0 Å². The van der Waals surface area contributed by atoms with Gasteiger partial charge >= 0.3 is 6.01 Å². The monoisotopic (exact) mass is 307 g/mol. The number of aryl methyl sites for hydroxylation is 1. The summed E-state index contributed by atoms with van der Waals surface area (Å²) in [5.41, 5.74) is 8.73. The predicted molar refractivity (Wildman–Crippen MR) is 89.6 cm³/mol. The van der Waals surface area contributed by atoms with E-state index in [1.165, 1.54) is 5.56 Å². The molecule has 0 radical (unpaired) electrons. The Kier molecular flexibility index (Phi) is 4.38. The number of ether oxygens (including phenoxy) is 1. The molecule has 5 heteroatoms. The van der Waals surface area contributed by atoms with Crippen molar-refractivity contribution >= 4 is 18.2 Å². The summed E-state index contributed by atoms with van der Waals surface area (Å²) < 4.78 is 10.9. The average molecular weight is 307 g/mol. The minimum Gasteiger partial charge on any atom is -0.489 e. The molecule has 1 aromatic heterocycles. The van der Waals surface area contributed by atoms with E-state index in [-0.39, 0.29) is 6.01 Å². The Hall–Kier alpha value is -3.08. The van der Waals surface area contributed by atoms with Gasteiger partial charge in [0.15, 0.2) is 0 Å². The van der Waals surface area contributed by atoms with Crippen LogP contribution in [0.5, 0.6) is 5.75 Å². The van der Waals surface area contributed by atoms with Crippen molar-refractivity contribution in [2.75, 3.05) is 5.73 Å². The third-order valence-electron chi connectivity index (χ3n) is 3.26. The molecular formula is C18H17N3O2. The average Bonchev–Trinajstić information content (AvgIpc) is 2.98. The molecular weight excluding hydrogens is 290 g/mol. The second-order valence-corrected chi connectivity index (χ2v) is 5.16. The van der Waals surface area contributed by atoms with Crippen LogP contribution in [0.4, 0.5) is 6.01 Å². The van der Waals surface area contributed by atoms with Crippen LogP contribution >= 0.6 is 0 Å². The van der Waals surface area contributed by atoms with E-state index in [0.29, 0.717) is 12.5 Å². The molecule has 116 valence electrons. The Morgan fingerprint density at radius 2 is 1.91 bits per heavy atom. The van der Waals surface area contributed by atoms with Crippen molar-refractivity contribution < 1.29 is 9.15 Å². The molecule has 0 spiro atoms. The summed E-state index contributed by atoms with van der Waals surface area (Å²) in [7, 11) is 0. The van der Waals surface area contributed by atoms with Crippen molar-refractivity contribution in [2.24, 2.45) is 0 Å². The standard InChI is InChI=1S/C18H17N3O2/c1-13-5-7-15(8-6-13)12-22-16-4-2-3-14(11-16)9-10-17-20-21-18(19)23-17/h2-11H,12H2,1H3,(H2,19,21)/b10-9+. The fourth-order valence-electron chi connectivity index (χ4n) is 2.04. The van der Waals surface area contributed by atoms with Gasteiger partial charge in [-0.1, -0.05) is 47.1 Å². The fraction of sp³-hybridized carbons (Fsp3) is 0.111. The highest BCUT2D eigenvalue weighted by atomic mass is 16.5. The lowest BCUT2D eigenvalue weighted by Gasteiger charge is -2.07. The molecule has 0 aliphatic heterocycles. The first-order chi connectivity index (χ1) is 11.2. The summed E-state index contributed by atoms with van der Waals surface area (Å²) in [6.07, 6.45) is 3.58. The van der Waals surface area contributed by atoms with Gasteiger partial charge in [0.1, 0.15) is 12.4 Å². The zero-order chi connectivity index (χ0) is 16.1. The van der Waals surface area contributed by atoms with Crippen LogP contribution in [0.15, 0.2) is 52.9 Å². The van der Waals surface area contributed by atoms with E-state index < -0.39 is 0 Å². The smallest absolute Gasteiger partial charge is 0.313 e. The van der Waals surface area contributed by atoms with Crippen LogP contribution in [0, 0.1) is 6.92 Å². The summed E-state index contributed by atoms with van der Waals surface area (Å²) in [4.78, 5) is 0. The van der Waals surface area contributed by atoms with Crippen molar-refractivity contribution in [3.63, 3.8) is 0 Å². The Bertz CT molecular complexity index is 807. The highest BCUT2D eigenvalue weighted by molar-refractivity contribution is 5.66. The van der Waals surface area contributed by atoms with Gasteiger partial charge in [0.05, 0.1) is 0 Å². The minimum absolute atomic E-state index is 0.0554. The largest absolute Gasteiger partial charge is 0.489 e. The first kappa shape index (κ1) is 14.8. The Morgan fingerprint density at radius 3 is 2.65 bits per heavy atom.